The zero-order valence-corrected chi connectivity index (χ0v) is 17.9. The molecule has 0 aliphatic heterocycles. The van der Waals surface area contributed by atoms with E-state index < -0.39 is 0 Å². The maximum absolute atomic E-state index is 13.1. The van der Waals surface area contributed by atoms with Gasteiger partial charge in [-0.05, 0) is 30.7 Å². The maximum Gasteiger partial charge on any atom is 0.262 e. The van der Waals surface area contributed by atoms with Crippen LogP contribution in [0.1, 0.15) is 11.4 Å². The van der Waals surface area contributed by atoms with Crippen molar-refractivity contribution in [3.63, 3.8) is 0 Å². The lowest BCUT2D eigenvalue weighted by molar-refractivity contribution is 0.190. The highest BCUT2D eigenvalue weighted by Crippen LogP contribution is 2.29. The van der Waals surface area contributed by atoms with E-state index in [9.17, 15) is 4.79 Å². The van der Waals surface area contributed by atoms with Gasteiger partial charge in [-0.15, -0.1) is 21.5 Å². The smallest absolute Gasteiger partial charge is 0.262 e. The Morgan fingerprint density at radius 1 is 1.10 bits per heavy atom. The Morgan fingerprint density at radius 3 is 2.80 bits per heavy atom. The van der Waals surface area contributed by atoms with Crippen LogP contribution >= 0.6 is 23.1 Å². The molecule has 7 nitrogen and oxygen atoms in total. The van der Waals surface area contributed by atoms with Crippen LogP contribution in [0.25, 0.3) is 26.9 Å². The number of aryl methyl sites for hydroxylation is 1. The average molecular weight is 438 g/mol. The van der Waals surface area contributed by atoms with Gasteiger partial charge in [0.1, 0.15) is 5.01 Å². The summed E-state index contributed by atoms with van der Waals surface area (Å²) in [6.07, 6.45) is 0.728. The number of ether oxygens (including phenoxy) is 1. The number of benzene rings is 2. The van der Waals surface area contributed by atoms with E-state index in [0.29, 0.717) is 30.1 Å². The van der Waals surface area contributed by atoms with Gasteiger partial charge in [0.25, 0.3) is 5.56 Å². The molecule has 0 amide bonds. The molecular weight excluding hydrogens is 418 g/mol. The second kappa shape index (κ2) is 8.17. The van der Waals surface area contributed by atoms with E-state index in [-0.39, 0.29) is 5.56 Å². The Kier molecular flexibility index (Phi) is 5.24. The first-order chi connectivity index (χ1) is 14.8. The van der Waals surface area contributed by atoms with Gasteiger partial charge in [0.15, 0.2) is 5.16 Å². The SMILES string of the molecule is COCCCn1c(=O)c2ccccc2n2c(SCc3nc4ccccc4s3)nnc12. The number of fused-ring (bicyclic) bond motifs is 4. The van der Waals surface area contributed by atoms with Gasteiger partial charge in [-0.25, -0.2) is 4.98 Å². The number of para-hydroxylation sites is 2. The fraction of sp³-hybridized carbons (Fsp3) is 0.238. The van der Waals surface area contributed by atoms with E-state index in [1.54, 1.807) is 34.8 Å². The molecule has 0 saturated heterocycles. The zero-order valence-electron chi connectivity index (χ0n) is 16.3. The summed E-state index contributed by atoms with van der Waals surface area (Å²) in [5.74, 6) is 1.25. The molecule has 3 aromatic heterocycles. The van der Waals surface area contributed by atoms with Crippen molar-refractivity contribution in [2.24, 2.45) is 0 Å². The lowest BCUT2D eigenvalue weighted by Gasteiger charge is -2.11. The van der Waals surface area contributed by atoms with E-state index in [2.05, 4.69) is 16.3 Å². The van der Waals surface area contributed by atoms with E-state index in [4.69, 9.17) is 9.72 Å². The molecule has 0 aliphatic rings. The molecule has 0 radical (unpaired) electrons. The predicted octanol–water partition coefficient (Wildman–Crippen LogP) is 3.98. The highest BCUT2D eigenvalue weighted by Gasteiger charge is 2.17. The highest BCUT2D eigenvalue weighted by atomic mass is 32.2. The van der Waals surface area contributed by atoms with Gasteiger partial charge in [0.05, 0.1) is 26.9 Å². The van der Waals surface area contributed by atoms with Crippen molar-refractivity contribution in [1.82, 2.24) is 24.1 Å². The fourth-order valence-corrected chi connectivity index (χ4v) is 5.40. The summed E-state index contributed by atoms with van der Waals surface area (Å²) in [4.78, 5) is 17.8. The summed E-state index contributed by atoms with van der Waals surface area (Å²) in [6.45, 7) is 1.11. The number of thioether (sulfide) groups is 1. The highest BCUT2D eigenvalue weighted by molar-refractivity contribution is 7.98. The van der Waals surface area contributed by atoms with Gasteiger partial charge in [-0.2, -0.15) is 0 Å². The Hall–Kier alpha value is -2.75. The summed E-state index contributed by atoms with van der Waals surface area (Å²) in [5.41, 5.74) is 1.78. The molecule has 0 aliphatic carbocycles. The number of nitrogens with zero attached hydrogens (tertiary/aromatic N) is 5. The molecule has 0 saturated carbocycles. The maximum atomic E-state index is 13.1. The van der Waals surface area contributed by atoms with Crippen LogP contribution in [0.2, 0.25) is 0 Å². The molecule has 9 heteroatoms. The van der Waals surface area contributed by atoms with Gasteiger partial charge in [0, 0.05) is 20.3 Å². The van der Waals surface area contributed by atoms with Gasteiger partial charge in [-0.3, -0.25) is 13.8 Å². The monoisotopic (exact) mass is 437 g/mol. The molecule has 0 atom stereocenters. The van der Waals surface area contributed by atoms with Crippen molar-refractivity contribution < 1.29 is 4.74 Å². The predicted molar refractivity (Wildman–Crippen MR) is 120 cm³/mol. The Bertz CT molecular complexity index is 1370. The van der Waals surface area contributed by atoms with E-state index in [1.165, 1.54) is 4.70 Å². The first kappa shape index (κ1) is 19.2. The number of hydrogen-bond acceptors (Lipinski definition) is 7. The van der Waals surface area contributed by atoms with E-state index >= 15 is 0 Å². The third-order valence-electron chi connectivity index (χ3n) is 4.87. The second-order valence-corrected chi connectivity index (χ2v) is 8.86. The number of methoxy groups -OCH3 is 1. The van der Waals surface area contributed by atoms with Crippen molar-refractivity contribution in [2.75, 3.05) is 13.7 Å². The minimum Gasteiger partial charge on any atom is -0.385 e. The number of thiazole rings is 1. The third kappa shape index (κ3) is 3.38. The van der Waals surface area contributed by atoms with Crippen molar-refractivity contribution in [3.05, 3.63) is 63.9 Å². The molecule has 5 aromatic rings. The summed E-state index contributed by atoms with van der Waals surface area (Å²) >= 11 is 3.27. The number of hydrogen-bond donors (Lipinski definition) is 0. The molecular formula is C21H19N5O2S2. The quantitative estimate of drug-likeness (QED) is 0.283. The Morgan fingerprint density at radius 2 is 1.93 bits per heavy atom. The largest absolute Gasteiger partial charge is 0.385 e. The lowest BCUT2D eigenvalue weighted by atomic mass is 10.2. The van der Waals surface area contributed by atoms with Crippen molar-refractivity contribution in [2.45, 2.75) is 23.9 Å². The molecule has 0 bridgehead atoms. The van der Waals surface area contributed by atoms with Crippen LogP contribution in [-0.4, -0.2) is 37.9 Å². The van der Waals surface area contributed by atoms with Gasteiger partial charge in [0.2, 0.25) is 5.78 Å². The first-order valence-corrected chi connectivity index (χ1v) is 11.4. The van der Waals surface area contributed by atoms with Crippen LogP contribution in [0.4, 0.5) is 0 Å². The third-order valence-corrected chi connectivity index (χ3v) is 7.03. The second-order valence-electron chi connectivity index (χ2n) is 6.80. The first-order valence-electron chi connectivity index (χ1n) is 9.59. The molecule has 3 heterocycles. The normalized spacial score (nSPS) is 11.8. The molecule has 30 heavy (non-hydrogen) atoms. The summed E-state index contributed by atoms with van der Waals surface area (Å²) in [7, 11) is 1.66. The number of aromatic nitrogens is 5. The summed E-state index contributed by atoms with van der Waals surface area (Å²) in [6, 6.07) is 15.7. The molecule has 0 N–H and O–H groups in total. The van der Waals surface area contributed by atoms with Crippen molar-refractivity contribution in [1.29, 1.82) is 0 Å². The zero-order chi connectivity index (χ0) is 20.5. The molecule has 0 spiro atoms. The summed E-state index contributed by atoms with van der Waals surface area (Å²) in [5, 5.41) is 11.2. The van der Waals surface area contributed by atoms with Gasteiger partial charge >= 0.3 is 0 Å². The average Bonchev–Trinajstić information content (AvgIpc) is 3.38. The minimum absolute atomic E-state index is 0.0515. The minimum atomic E-state index is -0.0515. The summed E-state index contributed by atoms with van der Waals surface area (Å²) < 4.78 is 9.99. The van der Waals surface area contributed by atoms with Gasteiger partial charge in [-0.1, -0.05) is 36.0 Å². The Balaban J connectivity index is 1.56. The van der Waals surface area contributed by atoms with E-state index in [0.717, 1.165) is 27.6 Å². The van der Waals surface area contributed by atoms with Crippen LogP contribution in [0.5, 0.6) is 0 Å². The molecule has 152 valence electrons. The van der Waals surface area contributed by atoms with Crippen LogP contribution in [-0.2, 0) is 17.0 Å². The molecule has 5 rings (SSSR count). The lowest BCUT2D eigenvalue weighted by Crippen LogP contribution is -2.24. The molecule has 0 unspecified atom stereocenters. The van der Waals surface area contributed by atoms with Gasteiger partial charge < -0.3 is 4.74 Å². The van der Waals surface area contributed by atoms with Crippen molar-refractivity contribution in [3.8, 4) is 0 Å². The number of rotatable bonds is 7. The standard InChI is InChI=1S/C21H19N5O2S2/c1-28-12-6-11-25-19(27)14-7-2-4-9-16(14)26-20(25)23-24-21(26)29-13-18-22-15-8-3-5-10-17(15)30-18/h2-5,7-10H,6,11-13H2,1H3. The van der Waals surface area contributed by atoms with E-state index in [1.807, 2.05) is 46.9 Å². The van der Waals surface area contributed by atoms with Crippen LogP contribution in [0.15, 0.2) is 58.5 Å². The molecule has 2 aromatic carbocycles. The fourth-order valence-electron chi connectivity index (χ4n) is 3.50. The van der Waals surface area contributed by atoms with Crippen molar-refractivity contribution >= 4 is 50.0 Å². The topological polar surface area (TPSA) is 74.3 Å². The molecule has 0 fully saturated rings. The van der Waals surface area contributed by atoms with Crippen LogP contribution < -0.4 is 5.56 Å². The Labute approximate surface area is 180 Å². The van der Waals surface area contributed by atoms with Crippen LogP contribution in [0.3, 0.4) is 0 Å². The van der Waals surface area contributed by atoms with Crippen LogP contribution in [0, 0.1) is 0 Å².